The van der Waals surface area contributed by atoms with Gasteiger partial charge in [-0.1, -0.05) is 23.2 Å². The third kappa shape index (κ3) is 3.62. The van der Waals surface area contributed by atoms with E-state index < -0.39 is 0 Å². The molecule has 1 amide bonds. The largest absolute Gasteiger partial charge is 0.347 e. The molecule has 2 aliphatic rings. The van der Waals surface area contributed by atoms with Gasteiger partial charge >= 0.3 is 0 Å². The van der Waals surface area contributed by atoms with E-state index in [-0.39, 0.29) is 24.4 Å². The van der Waals surface area contributed by atoms with Gasteiger partial charge in [0.05, 0.1) is 6.54 Å². The zero-order valence-corrected chi connectivity index (χ0v) is 15.3. The summed E-state index contributed by atoms with van der Waals surface area (Å²) in [5.74, 6) is 1.97. The maximum absolute atomic E-state index is 12.6. The van der Waals surface area contributed by atoms with Gasteiger partial charge in [0.15, 0.2) is 0 Å². The highest BCUT2D eigenvalue weighted by Crippen LogP contribution is 2.41. The maximum atomic E-state index is 12.6. The second-order valence-electron chi connectivity index (χ2n) is 7.43. The number of carbonyl (C=O) groups excluding carboxylic acids is 1. The van der Waals surface area contributed by atoms with Crippen molar-refractivity contribution in [2.24, 2.45) is 23.5 Å². The lowest BCUT2D eigenvalue weighted by molar-refractivity contribution is -0.128. The van der Waals surface area contributed by atoms with Crippen LogP contribution in [0.2, 0.25) is 5.02 Å². The molecule has 1 aromatic carbocycles. The first-order chi connectivity index (χ1) is 12.6. The second kappa shape index (κ2) is 7.37. The number of hydrogen-bond acceptors (Lipinski definition) is 5. The topological polar surface area (TPSA) is 94.0 Å². The Labute approximate surface area is 157 Å². The van der Waals surface area contributed by atoms with Crippen LogP contribution in [-0.2, 0) is 11.3 Å². The first-order valence-corrected chi connectivity index (χ1v) is 9.60. The number of fused-ring (bicyclic) bond motifs is 2. The van der Waals surface area contributed by atoms with Crippen LogP contribution in [0.1, 0.15) is 38.0 Å². The molecule has 2 bridgehead atoms. The molecule has 138 valence electrons. The number of nitrogens with zero attached hydrogens (tertiary/aromatic N) is 2. The molecule has 6 nitrogen and oxygen atoms in total. The van der Waals surface area contributed by atoms with Crippen LogP contribution >= 0.6 is 11.6 Å². The fraction of sp³-hybridized carbons (Fsp3) is 0.526. The van der Waals surface area contributed by atoms with Crippen molar-refractivity contribution in [2.75, 3.05) is 0 Å². The van der Waals surface area contributed by atoms with E-state index in [1.54, 1.807) is 12.1 Å². The second-order valence-corrected chi connectivity index (χ2v) is 7.87. The normalized spacial score (nSPS) is 27.9. The Morgan fingerprint density at radius 3 is 2.62 bits per heavy atom. The smallest absolute Gasteiger partial charge is 0.246 e. The first-order valence-electron chi connectivity index (χ1n) is 9.22. The fourth-order valence-corrected chi connectivity index (χ4v) is 4.48. The van der Waals surface area contributed by atoms with E-state index in [2.05, 4.69) is 15.5 Å². The SMILES string of the molecule is NC1C2CCCC1CC(C(=O)NCc1nc(-c3ccc(Cl)cc3)no1)C2. The highest BCUT2D eigenvalue weighted by Gasteiger charge is 2.40. The van der Waals surface area contributed by atoms with Crippen molar-refractivity contribution in [3.8, 4) is 11.4 Å². The molecule has 1 heterocycles. The molecular formula is C19H23ClN4O2. The number of carbonyl (C=O) groups is 1. The zero-order valence-electron chi connectivity index (χ0n) is 14.5. The number of nitrogens with two attached hydrogens (primary N) is 1. The molecule has 2 aromatic rings. The molecule has 0 radical (unpaired) electrons. The third-order valence-electron chi connectivity index (χ3n) is 5.77. The molecule has 1 aromatic heterocycles. The lowest BCUT2D eigenvalue weighted by Gasteiger charge is -2.43. The van der Waals surface area contributed by atoms with E-state index >= 15 is 0 Å². The van der Waals surface area contributed by atoms with Gasteiger partial charge in [-0.15, -0.1) is 0 Å². The summed E-state index contributed by atoms with van der Waals surface area (Å²) in [6.07, 6.45) is 5.32. The summed E-state index contributed by atoms with van der Waals surface area (Å²) in [5.41, 5.74) is 7.13. The van der Waals surface area contributed by atoms with Crippen molar-refractivity contribution in [1.29, 1.82) is 0 Å². The van der Waals surface area contributed by atoms with Crippen LogP contribution in [0.3, 0.4) is 0 Å². The molecule has 2 atom stereocenters. The number of nitrogens with one attached hydrogen (secondary N) is 1. The fourth-order valence-electron chi connectivity index (χ4n) is 4.35. The van der Waals surface area contributed by atoms with Crippen molar-refractivity contribution in [1.82, 2.24) is 15.5 Å². The van der Waals surface area contributed by atoms with Crippen LogP contribution in [-0.4, -0.2) is 22.1 Å². The molecule has 0 spiro atoms. The van der Waals surface area contributed by atoms with Crippen molar-refractivity contribution in [3.63, 3.8) is 0 Å². The quantitative estimate of drug-likeness (QED) is 0.857. The van der Waals surface area contributed by atoms with Crippen molar-refractivity contribution in [2.45, 2.75) is 44.7 Å². The van der Waals surface area contributed by atoms with Crippen LogP contribution in [0.25, 0.3) is 11.4 Å². The van der Waals surface area contributed by atoms with Crippen LogP contribution in [0.4, 0.5) is 0 Å². The summed E-state index contributed by atoms with van der Waals surface area (Å²) in [6.45, 7) is 0.247. The van der Waals surface area contributed by atoms with Crippen molar-refractivity contribution in [3.05, 3.63) is 35.2 Å². The molecule has 2 aliphatic carbocycles. The minimum atomic E-state index is 0.0451. The average molecular weight is 375 g/mol. The maximum Gasteiger partial charge on any atom is 0.246 e. The number of halogens is 1. The lowest BCUT2D eigenvalue weighted by atomic mass is 9.65. The minimum Gasteiger partial charge on any atom is -0.347 e. The molecule has 2 saturated carbocycles. The van der Waals surface area contributed by atoms with Gasteiger partial charge in [-0.3, -0.25) is 4.79 Å². The van der Waals surface area contributed by atoms with Crippen LogP contribution in [0.5, 0.6) is 0 Å². The molecular weight excluding hydrogens is 352 g/mol. The third-order valence-corrected chi connectivity index (χ3v) is 6.02. The van der Waals surface area contributed by atoms with Gasteiger partial charge in [-0.05, 0) is 61.8 Å². The molecule has 4 rings (SSSR count). The number of rotatable bonds is 4. The summed E-state index contributed by atoms with van der Waals surface area (Å²) in [7, 11) is 0. The predicted octanol–water partition coefficient (Wildman–Crippen LogP) is 3.16. The lowest BCUT2D eigenvalue weighted by Crippen LogP contribution is -2.49. The monoisotopic (exact) mass is 374 g/mol. The van der Waals surface area contributed by atoms with E-state index in [1.807, 2.05) is 12.1 Å². The number of hydrogen-bond donors (Lipinski definition) is 2. The van der Waals surface area contributed by atoms with Gasteiger partial charge in [0.1, 0.15) is 0 Å². The molecule has 26 heavy (non-hydrogen) atoms. The van der Waals surface area contributed by atoms with E-state index in [1.165, 1.54) is 6.42 Å². The van der Waals surface area contributed by atoms with Crippen LogP contribution in [0.15, 0.2) is 28.8 Å². The van der Waals surface area contributed by atoms with Gasteiger partial charge in [-0.25, -0.2) is 0 Å². The standard InChI is InChI=1S/C19H23ClN4O2/c20-15-6-4-11(5-7-15)18-23-16(26-24-18)10-22-19(25)14-8-12-2-1-3-13(9-14)17(12)21/h4-7,12-14,17H,1-3,8-10,21H2,(H,22,25). The Bertz CT molecular complexity index is 762. The number of amides is 1. The summed E-state index contributed by atoms with van der Waals surface area (Å²) in [4.78, 5) is 16.9. The van der Waals surface area contributed by atoms with E-state index in [0.29, 0.717) is 28.6 Å². The minimum absolute atomic E-state index is 0.0451. The van der Waals surface area contributed by atoms with E-state index in [9.17, 15) is 4.79 Å². The summed E-state index contributed by atoms with van der Waals surface area (Å²) in [5, 5.41) is 7.57. The Balaban J connectivity index is 1.34. The average Bonchev–Trinajstić information content (AvgIpc) is 3.09. The van der Waals surface area contributed by atoms with Crippen LogP contribution in [0, 0.1) is 17.8 Å². The summed E-state index contributed by atoms with van der Waals surface area (Å²) in [6, 6.07) is 7.49. The number of benzene rings is 1. The Morgan fingerprint density at radius 1 is 1.23 bits per heavy atom. The molecule has 0 aliphatic heterocycles. The van der Waals surface area contributed by atoms with Crippen molar-refractivity contribution >= 4 is 17.5 Å². The van der Waals surface area contributed by atoms with Crippen LogP contribution < -0.4 is 11.1 Å². The Kier molecular flexibility index (Phi) is 4.96. The predicted molar refractivity (Wildman–Crippen MR) is 98.1 cm³/mol. The molecule has 0 saturated heterocycles. The highest BCUT2D eigenvalue weighted by molar-refractivity contribution is 6.30. The molecule has 2 fully saturated rings. The molecule has 2 unspecified atom stereocenters. The first kappa shape index (κ1) is 17.5. The van der Waals surface area contributed by atoms with Gasteiger partial charge in [-0.2, -0.15) is 4.98 Å². The molecule has 3 N–H and O–H groups in total. The Morgan fingerprint density at radius 2 is 1.92 bits per heavy atom. The van der Waals surface area contributed by atoms with E-state index in [4.69, 9.17) is 21.9 Å². The van der Waals surface area contributed by atoms with Gasteiger partial charge < -0.3 is 15.6 Å². The zero-order chi connectivity index (χ0) is 18.1. The van der Waals surface area contributed by atoms with E-state index in [0.717, 1.165) is 31.2 Å². The summed E-state index contributed by atoms with van der Waals surface area (Å²) < 4.78 is 5.25. The van der Waals surface area contributed by atoms with Gasteiger partial charge in [0.25, 0.3) is 0 Å². The Hall–Kier alpha value is -1.92. The number of aromatic nitrogens is 2. The highest BCUT2D eigenvalue weighted by atomic mass is 35.5. The molecule has 7 heteroatoms. The summed E-state index contributed by atoms with van der Waals surface area (Å²) >= 11 is 5.89. The van der Waals surface area contributed by atoms with Gasteiger partial charge in [0.2, 0.25) is 17.6 Å². The van der Waals surface area contributed by atoms with Crippen molar-refractivity contribution < 1.29 is 9.32 Å². The van der Waals surface area contributed by atoms with Gasteiger partial charge in [0, 0.05) is 22.5 Å².